The first kappa shape index (κ1) is 18.0. The SMILES string of the molecule is COc1cc(/C=N\NC(=O)Cc2ccc(C)cc2C)cc(Br)c1O. The lowest BCUT2D eigenvalue weighted by molar-refractivity contribution is -0.120. The molecule has 0 bridgehead atoms. The molecule has 2 rings (SSSR count). The number of phenols is 1. The molecule has 0 radical (unpaired) electrons. The van der Waals surface area contributed by atoms with Gasteiger partial charge in [-0.25, -0.2) is 5.43 Å². The van der Waals surface area contributed by atoms with Crippen LogP contribution >= 0.6 is 15.9 Å². The minimum atomic E-state index is -0.192. The van der Waals surface area contributed by atoms with E-state index in [0.29, 0.717) is 15.8 Å². The van der Waals surface area contributed by atoms with Crippen molar-refractivity contribution in [3.05, 3.63) is 57.1 Å². The van der Waals surface area contributed by atoms with Gasteiger partial charge < -0.3 is 9.84 Å². The number of carbonyl (C=O) groups excluding carboxylic acids is 1. The number of amides is 1. The Morgan fingerprint density at radius 1 is 1.33 bits per heavy atom. The van der Waals surface area contributed by atoms with E-state index < -0.39 is 0 Å². The summed E-state index contributed by atoms with van der Waals surface area (Å²) in [5, 5.41) is 13.7. The van der Waals surface area contributed by atoms with Gasteiger partial charge in [0.2, 0.25) is 5.91 Å². The van der Waals surface area contributed by atoms with Gasteiger partial charge in [-0.05, 0) is 58.6 Å². The van der Waals surface area contributed by atoms with Crippen molar-refractivity contribution in [2.24, 2.45) is 5.10 Å². The number of hydrazone groups is 1. The van der Waals surface area contributed by atoms with Gasteiger partial charge in [0, 0.05) is 0 Å². The van der Waals surface area contributed by atoms with Crippen molar-refractivity contribution in [2.75, 3.05) is 7.11 Å². The quantitative estimate of drug-likeness (QED) is 0.606. The molecule has 0 saturated carbocycles. The highest BCUT2D eigenvalue weighted by molar-refractivity contribution is 9.10. The maximum atomic E-state index is 12.0. The fraction of sp³-hybridized carbons (Fsp3) is 0.222. The third-order valence-electron chi connectivity index (χ3n) is 3.52. The Morgan fingerprint density at radius 3 is 2.75 bits per heavy atom. The molecule has 1 amide bonds. The second kappa shape index (κ2) is 7.97. The van der Waals surface area contributed by atoms with Gasteiger partial charge in [-0.15, -0.1) is 0 Å². The highest BCUT2D eigenvalue weighted by atomic mass is 79.9. The van der Waals surface area contributed by atoms with Crippen LogP contribution in [-0.4, -0.2) is 24.3 Å². The fourth-order valence-corrected chi connectivity index (χ4v) is 2.72. The molecule has 0 aromatic heterocycles. The molecule has 0 saturated heterocycles. The third kappa shape index (κ3) is 4.58. The number of benzene rings is 2. The van der Waals surface area contributed by atoms with Crippen LogP contribution in [0.25, 0.3) is 0 Å². The normalized spacial score (nSPS) is 10.8. The monoisotopic (exact) mass is 390 g/mol. The van der Waals surface area contributed by atoms with Gasteiger partial charge in [0.15, 0.2) is 11.5 Å². The third-order valence-corrected chi connectivity index (χ3v) is 4.13. The average Bonchev–Trinajstić information content (AvgIpc) is 2.53. The molecule has 0 spiro atoms. The van der Waals surface area contributed by atoms with Crippen molar-refractivity contribution in [3.8, 4) is 11.5 Å². The second-order valence-electron chi connectivity index (χ2n) is 5.45. The van der Waals surface area contributed by atoms with Crippen molar-refractivity contribution in [1.29, 1.82) is 0 Å². The maximum absolute atomic E-state index is 12.0. The summed E-state index contributed by atoms with van der Waals surface area (Å²) >= 11 is 3.24. The van der Waals surface area contributed by atoms with Gasteiger partial charge >= 0.3 is 0 Å². The van der Waals surface area contributed by atoms with E-state index in [1.807, 2.05) is 32.0 Å². The summed E-state index contributed by atoms with van der Waals surface area (Å²) in [6.45, 7) is 4.00. The van der Waals surface area contributed by atoms with Crippen LogP contribution in [-0.2, 0) is 11.2 Å². The molecule has 5 nitrogen and oxygen atoms in total. The van der Waals surface area contributed by atoms with Gasteiger partial charge in [-0.2, -0.15) is 5.10 Å². The number of carbonyl (C=O) groups is 1. The Kier molecular flexibility index (Phi) is 5.98. The number of ether oxygens (including phenoxy) is 1. The van der Waals surface area contributed by atoms with Gasteiger partial charge in [0.1, 0.15) is 0 Å². The number of methoxy groups -OCH3 is 1. The summed E-state index contributed by atoms with van der Waals surface area (Å²) in [7, 11) is 1.47. The summed E-state index contributed by atoms with van der Waals surface area (Å²) in [4.78, 5) is 12.0. The maximum Gasteiger partial charge on any atom is 0.244 e. The molecule has 0 heterocycles. The topological polar surface area (TPSA) is 70.9 Å². The molecule has 2 aromatic carbocycles. The number of rotatable bonds is 5. The van der Waals surface area contributed by atoms with Crippen LogP contribution in [0.3, 0.4) is 0 Å². The Balaban J connectivity index is 2.01. The average molecular weight is 391 g/mol. The van der Waals surface area contributed by atoms with Crippen molar-refractivity contribution in [3.63, 3.8) is 0 Å². The van der Waals surface area contributed by atoms with Crippen LogP contribution in [0.15, 0.2) is 39.9 Å². The van der Waals surface area contributed by atoms with E-state index in [0.717, 1.165) is 11.1 Å². The molecule has 126 valence electrons. The van der Waals surface area contributed by atoms with E-state index in [1.165, 1.54) is 18.9 Å². The minimum Gasteiger partial charge on any atom is -0.503 e. The molecule has 0 fully saturated rings. The number of halogens is 1. The highest BCUT2D eigenvalue weighted by Gasteiger charge is 2.08. The molecular formula is C18H19BrN2O3. The predicted molar refractivity (Wildman–Crippen MR) is 97.7 cm³/mol. The second-order valence-corrected chi connectivity index (χ2v) is 6.31. The van der Waals surface area contributed by atoms with E-state index in [-0.39, 0.29) is 18.1 Å². The molecule has 0 aliphatic heterocycles. The van der Waals surface area contributed by atoms with Crippen molar-refractivity contribution in [1.82, 2.24) is 5.43 Å². The lowest BCUT2D eigenvalue weighted by Crippen LogP contribution is -2.20. The molecule has 0 aliphatic rings. The Bertz CT molecular complexity index is 788. The fourth-order valence-electron chi connectivity index (χ4n) is 2.26. The van der Waals surface area contributed by atoms with Crippen LogP contribution in [0, 0.1) is 13.8 Å². The first-order valence-corrected chi connectivity index (χ1v) is 8.14. The number of nitrogens with zero attached hydrogens (tertiary/aromatic N) is 1. The van der Waals surface area contributed by atoms with Crippen LogP contribution < -0.4 is 10.2 Å². The van der Waals surface area contributed by atoms with Crippen LogP contribution in [0.1, 0.15) is 22.3 Å². The Hall–Kier alpha value is -2.34. The molecule has 0 unspecified atom stereocenters. The van der Waals surface area contributed by atoms with Crippen molar-refractivity contribution < 1.29 is 14.6 Å². The Labute approximate surface area is 149 Å². The van der Waals surface area contributed by atoms with Crippen molar-refractivity contribution in [2.45, 2.75) is 20.3 Å². The molecule has 6 heteroatoms. The molecule has 0 atom stereocenters. The number of nitrogens with one attached hydrogen (secondary N) is 1. The standard InChI is InChI=1S/C18H19BrN2O3/c1-11-4-5-14(12(2)6-11)9-17(22)21-20-10-13-7-15(19)18(23)16(8-13)24-3/h4-8,10,23H,9H2,1-3H3,(H,21,22)/b20-10-. The largest absolute Gasteiger partial charge is 0.503 e. The summed E-state index contributed by atoms with van der Waals surface area (Å²) < 4.78 is 5.56. The van der Waals surface area contributed by atoms with E-state index in [9.17, 15) is 9.90 Å². The lowest BCUT2D eigenvalue weighted by Gasteiger charge is -2.07. The van der Waals surface area contributed by atoms with Crippen LogP contribution in [0.4, 0.5) is 0 Å². The van der Waals surface area contributed by atoms with Crippen molar-refractivity contribution >= 4 is 28.1 Å². The lowest BCUT2D eigenvalue weighted by atomic mass is 10.0. The summed E-state index contributed by atoms with van der Waals surface area (Å²) in [6, 6.07) is 9.29. The van der Waals surface area contributed by atoms with E-state index in [4.69, 9.17) is 4.74 Å². The predicted octanol–water partition coefficient (Wildman–Crippen LogP) is 3.47. The first-order chi connectivity index (χ1) is 11.4. The number of hydrogen-bond acceptors (Lipinski definition) is 4. The molecular weight excluding hydrogens is 372 g/mol. The number of aromatic hydroxyl groups is 1. The number of phenolic OH excluding ortho intramolecular Hbond substituents is 1. The zero-order valence-corrected chi connectivity index (χ0v) is 15.3. The zero-order valence-electron chi connectivity index (χ0n) is 13.8. The van der Waals surface area contributed by atoms with Gasteiger partial charge in [0.25, 0.3) is 0 Å². The van der Waals surface area contributed by atoms with Crippen LogP contribution in [0.5, 0.6) is 11.5 Å². The van der Waals surface area contributed by atoms with Crippen LogP contribution in [0.2, 0.25) is 0 Å². The van der Waals surface area contributed by atoms with E-state index in [1.54, 1.807) is 12.1 Å². The molecule has 24 heavy (non-hydrogen) atoms. The summed E-state index contributed by atoms with van der Waals surface area (Å²) in [5.74, 6) is 0.156. The minimum absolute atomic E-state index is 0.0218. The summed E-state index contributed by atoms with van der Waals surface area (Å²) in [6.07, 6.45) is 1.76. The van der Waals surface area contributed by atoms with E-state index in [2.05, 4.69) is 26.5 Å². The van der Waals surface area contributed by atoms with Gasteiger partial charge in [0.05, 0.1) is 24.2 Å². The molecule has 2 N–H and O–H groups in total. The molecule has 2 aromatic rings. The number of aryl methyl sites for hydroxylation is 2. The highest BCUT2D eigenvalue weighted by Crippen LogP contribution is 2.34. The number of hydrogen-bond donors (Lipinski definition) is 2. The van der Waals surface area contributed by atoms with Gasteiger partial charge in [-0.1, -0.05) is 23.8 Å². The van der Waals surface area contributed by atoms with Gasteiger partial charge in [-0.3, -0.25) is 4.79 Å². The molecule has 0 aliphatic carbocycles. The van der Waals surface area contributed by atoms with E-state index >= 15 is 0 Å². The Morgan fingerprint density at radius 2 is 2.08 bits per heavy atom. The smallest absolute Gasteiger partial charge is 0.244 e. The summed E-state index contributed by atoms with van der Waals surface area (Å²) in [5.41, 5.74) is 6.42. The first-order valence-electron chi connectivity index (χ1n) is 7.35. The zero-order chi connectivity index (χ0) is 17.7.